The molecule has 1 aliphatic heterocycles. The third-order valence-corrected chi connectivity index (χ3v) is 7.21. The number of ketones is 1. The number of carbonyl (C=O) groups is 1. The standard InChI is InChI=1S/C32H40O3.C2H6/c1-10-25(30(33)24(6)29-22(4)18-26(34-9)19-23(29)5)13-11-20(2)17-27-21(3)12-14-28-31(27)35-16-15-32(28,7)8;1-2/h11-14,18-19H,6,10,15-17H2,1-5,7-9H3;1-2H3/b20-11+,25-13+;. The molecule has 3 heteroatoms. The molecule has 0 bridgehead atoms. The van der Waals surface area contributed by atoms with Gasteiger partial charge < -0.3 is 9.47 Å². The molecule has 0 aromatic heterocycles. The van der Waals surface area contributed by atoms with Gasteiger partial charge in [0.05, 0.1) is 13.7 Å². The summed E-state index contributed by atoms with van der Waals surface area (Å²) in [7, 11) is 1.65. The predicted octanol–water partition coefficient (Wildman–Crippen LogP) is 8.81. The molecule has 2 aromatic carbocycles. The summed E-state index contributed by atoms with van der Waals surface area (Å²) in [4.78, 5) is 13.4. The van der Waals surface area contributed by atoms with E-state index in [0.717, 1.165) is 53.2 Å². The maximum absolute atomic E-state index is 13.4. The van der Waals surface area contributed by atoms with Crippen LogP contribution in [0, 0.1) is 20.8 Å². The van der Waals surface area contributed by atoms with E-state index in [-0.39, 0.29) is 11.2 Å². The van der Waals surface area contributed by atoms with E-state index in [2.05, 4.69) is 52.5 Å². The van der Waals surface area contributed by atoms with Crippen molar-refractivity contribution >= 4 is 11.4 Å². The molecule has 0 radical (unpaired) electrons. The summed E-state index contributed by atoms with van der Waals surface area (Å²) >= 11 is 0. The normalized spacial score (nSPS) is 14.6. The molecule has 37 heavy (non-hydrogen) atoms. The number of hydrogen-bond donors (Lipinski definition) is 0. The largest absolute Gasteiger partial charge is 0.497 e. The predicted molar refractivity (Wildman–Crippen MR) is 158 cm³/mol. The molecule has 3 rings (SSSR count). The highest BCUT2D eigenvalue weighted by molar-refractivity contribution is 6.28. The molecule has 0 fully saturated rings. The molecule has 0 saturated carbocycles. The van der Waals surface area contributed by atoms with Gasteiger partial charge in [-0.3, -0.25) is 4.79 Å². The highest BCUT2D eigenvalue weighted by atomic mass is 16.5. The second kappa shape index (κ2) is 12.9. The summed E-state index contributed by atoms with van der Waals surface area (Å²) in [6, 6.07) is 8.33. The minimum absolute atomic E-state index is 0.00808. The Kier molecular flexibility index (Phi) is 10.5. The van der Waals surface area contributed by atoms with Gasteiger partial charge in [-0.05, 0) is 92.3 Å². The quantitative estimate of drug-likeness (QED) is 0.267. The number of fused-ring (bicyclic) bond motifs is 1. The van der Waals surface area contributed by atoms with Gasteiger partial charge in [-0.1, -0.05) is 71.1 Å². The van der Waals surface area contributed by atoms with E-state index < -0.39 is 0 Å². The molecule has 0 N–H and O–H groups in total. The molecular weight excluding hydrogens is 456 g/mol. The summed E-state index contributed by atoms with van der Waals surface area (Å²) in [5, 5.41) is 0. The van der Waals surface area contributed by atoms with Crippen LogP contribution in [0.2, 0.25) is 0 Å². The molecule has 0 atom stereocenters. The topological polar surface area (TPSA) is 35.5 Å². The second-order valence-corrected chi connectivity index (χ2v) is 10.4. The van der Waals surface area contributed by atoms with Crippen molar-refractivity contribution in [2.75, 3.05) is 13.7 Å². The Labute approximate surface area is 225 Å². The van der Waals surface area contributed by atoms with Gasteiger partial charge in [0, 0.05) is 16.7 Å². The van der Waals surface area contributed by atoms with Gasteiger partial charge in [-0.2, -0.15) is 0 Å². The molecule has 0 spiro atoms. The second-order valence-electron chi connectivity index (χ2n) is 10.4. The number of hydrogen-bond acceptors (Lipinski definition) is 3. The van der Waals surface area contributed by atoms with Crippen LogP contribution >= 0.6 is 0 Å². The number of rotatable bonds is 8. The molecule has 0 unspecified atom stereocenters. The Balaban J connectivity index is 0.00000235. The fraction of sp³-hybridized carbons (Fsp3) is 0.441. The van der Waals surface area contributed by atoms with Crippen LogP contribution in [-0.4, -0.2) is 19.5 Å². The summed E-state index contributed by atoms with van der Waals surface area (Å²) in [5.41, 5.74) is 9.27. The monoisotopic (exact) mass is 502 g/mol. The van der Waals surface area contributed by atoms with E-state index in [1.54, 1.807) is 7.11 Å². The van der Waals surface area contributed by atoms with Gasteiger partial charge in [0.2, 0.25) is 0 Å². The molecule has 3 nitrogen and oxygen atoms in total. The third kappa shape index (κ3) is 6.83. The maximum atomic E-state index is 13.4. The SMILES string of the molecule is C=C(C(=O)/C(=C/C=C(\C)Cc1c(C)ccc2c1OCCC2(C)C)CC)c1c(C)cc(OC)cc1C.CC. The minimum atomic E-state index is -0.00808. The lowest BCUT2D eigenvalue weighted by Crippen LogP contribution is -2.27. The van der Waals surface area contributed by atoms with Crippen LogP contribution in [0.3, 0.4) is 0 Å². The van der Waals surface area contributed by atoms with Crippen LogP contribution < -0.4 is 9.47 Å². The van der Waals surface area contributed by atoms with Crippen LogP contribution in [0.4, 0.5) is 0 Å². The van der Waals surface area contributed by atoms with Crippen molar-refractivity contribution < 1.29 is 14.3 Å². The summed E-state index contributed by atoms with van der Waals surface area (Å²) in [6.45, 7) is 23.8. The van der Waals surface area contributed by atoms with Gasteiger partial charge in [0.25, 0.3) is 0 Å². The molecule has 2 aromatic rings. The molecular formula is C34H46O3. The Morgan fingerprint density at radius 1 is 1.08 bits per heavy atom. The van der Waals surface area contributed by atoms with Crippen LogP contribution in [0.15, 0.2) is 54.1 Å². The summed E-state index contributed by atoms with van der Waals surface area (Å²) in [5.74, 6) is 1.83. The number of methoxy groups -OCH3 is 1. The van der Waals surface area contributed by atoms with Crippen LogP contribution in [0.5, 0.6) is 11.5 Å². The molecule has 0 saturated heterocycles. The molecule has 1 aliphatic rings. The average Bonchev–Trinajstić information content (AvgIpc) is 2.86. The van der Waals surface area contributed by atoms with E-state index in [1.165, 1.54) is 22.3 Å². The van der Waals surface area contributed by atoms with E-state index in [0.29, 0.717) is 12.0 Å². The van der Waals surface area contributed by atoms with Gasteiger partial charge in [0.1, 0.15) is 11.5 Å². The molecule has 1 heterocycles. The van der Waals surface area contributed by atoms with Gasteiger partial charge in [-0.15, -0.1) is 0 Å². The van der Waals surface area contributed by atoms with Crippen molar-refractivity contribution in [1.82, 2.24) is 0 Å². The lowest BCUT2D eigenvalue weighted by molar-refractivity contribution is -0.110. The zero-order valence-corrected chi connectivity index (χ0v) is 24.7. The van der Waals surface area contributed by atoms with Crippen LogP contribution in [0.1, 0.15) is 87.8 Å². The first-order chi connectivity index (χ1) is 17.5. The van der Waals surface area contributed by atoms with Gasteiger partial charge in [0.15, 0.2) is 5.78 Å². The Hall–Kier alpha value is -3.07. The van der Waals surface area contributed by atoms with Gasteiger partial charge >= 0.3 is 0 Å². The first kappa shape index (κ1) is 30.2. The number of carbonyl (C=O) groups excluding carboxylic acids is 1. The first-order valence-corrected chi connectivity index (χ1v) is 13.5. The lowest BCUT2D eigenvalue weighted by Gasteiger charge is -2.34. The van der Waals surface area contributed by atoms with Crippen molar-refractivity contribution in [3.63, 3.8) is 0 Å². The lowest BCUT2D eigenvalue weighted by atomic mass is 9.78. The average molecular weight is 503 g/mol. The molecule has 0 aliphatic carbocycles. The smallest absolute Gasteiger partial charge is 0.189 e. The highest BCUT2D eigenvalue weighted by Gasteiger charge is 2.30. The fourth-order valence-electron chi connectivity index (χ4n) is 4.95. The number of Topliss-reactive ketones (excluding diaryl/α,β-unsaturated/α-hetero) is 1. The first-order valence-electron chi connectivity index (χ1n) is 13.5. The van der Waals surface area contributed by atoms with E-state index in [1.807, 2.05) is 52.8 Å². The van der Waals surface area contributed by atoms with Crippen molar-refractivity contribution in [3.8, 4) is 11.5 Å². The Morgan fingerprint density at radius 3 is 2.27 bits per heavy atom. The minimum Gasteiger partial charge on any atom is -0.497 e. The van der Waals surface area contributed by atoms with E-state index >= 15 is 0 Å². The summed E-state index contributed by atoms with van der Waals surface area (Å²) in [6.07, 6.45) is 6.51. The van der Waals surface area contributed by atoms with Crippen molar-refractivity contribution in [3.05, 3.63) is 87.5 Å². The molecule has 200 valence electrons. The highest BCUT2D eigenvalue weighted by Crippen LogP contribution is 2.42. The Morgan fingerprint density at radius 2 is 1.70 bits per heavy atom. The summed E-state index contributed by atoms with van der Waals surface area (Å²) < 4.78 is 11.5. The zero-order valence-electron chi connectivity index (χ0n) is 24.7. The van der Waals surface area contributed by atoms with Crippen molar-refractivity contribution in [1.29, 1.82) is 0 Å². The third-order valence-electron chi connectivity index (χ3n) is 7.21. The van der Waals surface area contributed by atoms with Crippen molar-refractivity contribution in [2.45, 2.75) is 87.0 Å². The number of ether oxygens (including phenoxy) is 2. The molecule has 0 amide bonds. The maximum Gasteiger partial charge on any atom is 0.189 e. The fourth-order valence-corrected chi connectivity index (χ4v) is 4.95. The van der Waals surface area contributed by atoms with E-state index in [9.17, 15) is 4.79 Å². The number of allylic oxidation sites excluding steroid dienone is 5. The van der Waals surface area contributed by atoms with Gasteiger partial charge in [-0.25, -0.2) is 0 Å². The van der Waals surface area contributed by atoms with E-state index in [4.69, 9.17) is 9.47 Å². The number of benzene rings is 2. The van der Waals surface area contributed by atoms with Crippen molar-refractivity contribution in [2.24, 2.45) is 0 Å². The Bertz CT molecular complexity index is 1180. The van der Waals surface area contributed by atoms with Crippen LogP contribution in [0.25, 0.3) is 5.57 Å². The zero-order chi connectivity index (χ0) is 27.9. The van der Waals surface area contributed by atoms with Crippen LogP contribution in [-0.2, 0) is 16.6 Å². The number of aryl methyl sites for hydroxylation is 3.